The van der Waals surface area contributed by atoms with Gasteiger partial charge in [-0.05, 0) is 42.8 Å². The summed E-state index contributed by atoms with van der Waals surface area (Å²) in [4.78, 5) is 3.70. The molecule has 4 nitrogen and oxygen atoms in total. The van der Waals surface area contributed by atoms with Crippen LogP contribution in [0.4, 0.5) is 0 Å². The molecule has 5 rings (SSSR count). The Morgan fingerprint density at radius 1 is 1.48 bits per heavy atom. The monoisotopic (exact) mass is 303 g/mol. The summed E-state index contributed by atoms with van der Waals surface area (Å²) in [5, 5.41) is 16.3. The van der Waals surface area contributed by atoms with Crippen molar-refractivity contribution in [3.63, 3.8) is 0 Å². The maximum atomic E-state index is 9.50. The zero-order valence-corrected chi connectivity index (χ0v) is 13.1. The molecule has 112 valence electrons. The van der Waals surface area contributed by atoms with E-state index in [1.54, 1.807) is 11.3 Å². The molecule has 1 N–H and O–H groups in total. The van der Waals surface area contributed by atoms with Crippen molar-refractivity contribution in [2.75, 3.05) is 19.7 Å². The fraction of sp³-hybridized carbons (Fsp3) is 0.562. The first-order valence-electron chi connectivity index (χ1n) is 7.69. The van der Waals surface area contributed by atoms with Crippen molar-refractivity contribution in [2.45, 2.75) is 24.8 Å². The lowest BCUT2D eigenvalue weighted by atomic mass is 9.74. The first kappa shape index (κ1) is 13.5. The van der Waals surface area contributed by atoms with E-state index in [2.05, 4.69) is 40.2 Å². The molecule has 5 heterocycles. The van der Waals surface area contributed by atoms with Gasteiger partial charge < -0.3 is 5.11 Å². The summed E-state index contributed by atoms with van der Waals surface area (Å²) < 4.78 is 2.06. The summed E-state index contributed by atoms with van der Waals surface area (Å²) in [5.74, 6) is 1.26. The third-order valence-corrected chi connectivity index (χ3v) is 6.05. The second kappa shape index (κ2) is 5.23. The number of aromatic nitrogens is 2. The molecule has 0 saturated carbocycles. The van der Waals surface area contributed by atoms with Crippen molar-refractivity contribution in [1.29, 1.82) is 0 Å². The fourth-order valence-electron chi connectivity index (χ4n) is 4.04. The molecule has 3 fully saturated rings. The number of rotatable bonds is 3. The summed E-state index contributed by atoms with van der Waals surface area (Å²) in [6.07, 6.45) is 2.38. The minimum absolute atomic E-state index is 0.301. The van der Waals surface area contributed by atoms with Crippen LogP contribution >= 0.6 is 11.3 Å². The highest BCUT2D eigenvalue weighted by molar-refractivity contribution is 7.13. The van der Waals surface area contributed by atoms with Gasteiger partial charge in [0.1, 0.15) is 5.69 Å². The molecule has 0 radical (unpaired) electrons. The maximum absolute atomic E-state index is 9.50. The van der Waals surface area contributed by atoms with E-state index >= 15 is 0 Å². The zero-order valence-electron chi connectivity index (χ0n) is 12.3. The van der Waals surface area contributed by atoms with Crippen molar-refractivity contribution >= 4 is 11.3 Å². The summed E-state index contributed by atoms with van der Waals surface area (Å²) in [6, 6.07) is 6.86. The van der Waals surface area contributed by atoms with Crippen molar-refractivity contribution in [3.8, 4) is 10.6 Å². The Bertz CT molecular complexity index is 622. The van der Waals surface area contributed by atoms with Gasteiger partial charge in [0, 0.05) is 31.2 Å². The average Bonchev–Trinajstić information content (AvgIpc) is 3.16. The van der Waals surface area contributed by atoms with E-state index in [0.29, 0.717) is 24.5 Å². The first-order valence-corrected chi connectivity index (χ1v) is 8.57. The Kier molecular flexibility index (Phi) is 3.36. The van der Waals surface area contributed by atoms with Crippen LogP contribution in [-0.2, 0) is 7.05 Å². The Morgan fingerprint density at radius 2 is 2.38 bits per heavy atom. The van der Waals surface area contributed by atoms with Gasteiger partial charge in [-0.1, -0.05) is 6.07 Å². The van der Waals surface area contributed by atoms with Crippen LogP contribution in [0.25, 0.3) is 10.6 Å². The molecular formula is C16H21N3OS. The molecule has 3 aliphatic rings. The van der Waals surface area contributed by atoms with E-state index in [9.17, 15) is 5.11 Å². The number of nitrogens with zero attached hydrogens (tertiary/aromatic N) is 3. The molecule has 0 aliphatic carbocycles. The molecular weight excluding hydrogens is 282 g/mol. The molecule has 3 aliphatic heterocycles. The van der Waals surface area contributed by atoms with Crippen molar-refractivity contribution in [2.24, 2.45) is 13.0 Å². The molecule has 4 atom stereocenters. The highest BCUT2D eigenvalue weighted by Crippen LogP contribution is 2.42. The van der Waals surface area contributed by atoms with Crippen molar-refractivity contribution in [3.05, 3.63) is 29.3 Å². The van der Waals surface area contributed by atoms with Crippen LogP contribution in [0.1, 0.15) is 24.5 Å². The molecule has 21 heavy (non-hydrogen) atoms. The number of aryl methyl sites for hydroxylation is 1. The zero-order chi connectivity index (χ0) is 14.4. The Balaban J connectivity index is 1.63. The van der Waals surface area contributed by atoms with Gasteiger partial charge in [0.2, 0.25) is 0 Å². The number of aliphatic hydroxyl groups is 1. The second-order valence-corrected chi connectivity index (χ2v) is 7.23. The Morgan fingerprint density at radius 3 is 3.05 bits per heavy atom. The summed E-state index contributed by atoms with van der Waals surface area (Å²) in [6.45, 7) is 2.51. The molecule has 0 aromatic carbocycles. The lowest BCUT2D eigenvalue weighted by Crippen LogP contribution is -2.53. The fourth-order valence-corrected chi connectivity index (χ4v) is 4.72. The van der Waals surface area contributed by atoms with Crippen molar-refractivity contribution in [1.82, 2.24) is 14.7 Å². The molecule has 0 spiro atoms. The lowest BCUT2D eigenvalue weighted by molar-refractivity contribution is 0.00105. The highest BCUT2D eigenvalue weighted by Gasteiger charge is 2.41. The van der Waals surface area contributed by atoms with Gasteiger partial charge in [-0.3, -0.25) is 9.58 Å². The molecule has 2 aromatic rings. The van der Waals surface area contributed by atoms with Crippen LogP contribution in [0.5, 0.6) is 0 Å². The largest absolute Gasteiger partial charge is 0.395 e. The van der Waals surface area contributed by atoms with Gasteiger partial charge in [-0.25, -0.2) is 0 Å². The summed E-state index contributed by atoms with van der Waals surface area (Å²) >= 11 is 1.74. The Hall–Kier alpha value is -1.17. The van der Waals surface area contributed by atoms with Crippen LogP contribution in [0.15, 0.2) is 23.6 Å². The van der Waals surface area contributed by atoms with Gasteiger partial charge in [0.05, 0.1) is 11.5 Å². The van der Waals surface area contributed by atoms with E-state index in [1.165, 1.54) is 17.0 Å². The molecule has 4 unspecified atom stereocenters. The van der Waals surface area contributed by atoms with E-state index in [0.717, 1.165) is 25.2 Å². The van der Waals surface area contributed by atoms with Gasteiger partial charge in [0.25, 0.3) is 0 Å². The number of hydrogen-bond acceptors (Lipinski definition) is 4. The number of fused-ring (bicyclic) bond motifs is 3. The SMILES string of the molecule is Cn1nc(-c2cccs2)cc1C1CN2CCC1CC2CO. The summed E-state index contributed by atoms with van der Waals surface area (Å²) in [5.41, 5.74) is 2.45. The Labute approximate surface area is 129 Å². The standard InChI is InChI=1S/C16H21N3OS/c1-18-15(8-14(17-18)16-3-2-6-21-16)13-9-19-5-4-11(13)7-12(19)10-20/h2-3,6,8,11-13,20H,4-5,7,9-10H2,1H3. The van der Waals surface area contributed by atoms with E-state index in [1.807, 2.05) is 0 Å². The molecule has 2 aromatic heterocycles. The van der Waals surface area contributed by atoms with E-state index in [-0.39, 0.29) is 0 Å². The predicted molar refractivity (Wildman–Crippen MR) is 84.4 cm³/mol. The normalized spacial score (nSPS) is 31.7. The van der Waals surface area contributed by atoms with Crippen LogP contribution in [0.3, 0.4) is 0 Å². The third-order valence-electron chi connectivity index (χ3n) is 5.16. The van der Waals surface area contributed by atoms with Crippen LogP contribution < -0.4 is 0 Å². The highest BCUT2D eigenvalue weighted by atomic mass is 32.1. The van der Waals surface area contributed by atoms with Gasteiger partial charge in [-0.2, -0.15) is 5.10 Å². The first-order chi connectivity index (χ1) is 10.3. The minimum Gasteiger partial charge on any atom is -0.395 e. The van der Waals surface area contributed by atoms with Crippen molar-refractivity contribution < 1.29 is 5.11 Å². The third kappa shape index (κ3) is 2.24. The minimum atomic E-state index is 0.301. The number of aliphatic hydroxyl groups excluding tert-OH is 1. The lowest BCUT2D eigenvalue weighted by Gasteiger charge is -2.49. The predicted octanol–water partition coefficient (Wildman–Crippen LogP) is 2.32. The van der Waals surface area contributed by atoms with Crippen LogP contribution in [0.2, 0.25) is 0 Å². The summed E-state index contributed by atoms with van der Waals surface area (Å²) in [7, 11) is 2.06. The van der Waals surface area contributed by atoms with Gasteiger partial charge >= 0.3 is 0 Å². The second-order valence-electron chi connectivity index (χ2n) is 6.28. The topological polar surface area (TPSA) is 41.3 Å². The van der Waals surface area contributed by atoms with Gasteiger partial charge in [-0.15, -0.1) is 11.3 Å². The molecule has 3 saturated heterocycles. The molecule has 2 bridgehead atoms. The smallest absolute Gasteiger partial charge is 0.103 e. The number of thiophene rings is 1. The van der Waals surface area contributed by atoms with E-state index in [4.69, 9.17) is 5.10 Å². The van der Waals surface area contributed by atoms with Gasteiger partial charge in [0.15, 0.2) is 0 Å². The molecule has 0 amide bonds. The maximum Gasteiger partial charge on any atom is 0.103 e. The average molecular weight is 303 g/mol. The number of piperidine rings is 3. The van der Waals surface area contributed by atoms with E-state index < -0.39 is 0 Å². The quantitative estimate of drug-likeness (QED) is 0.946. The van der Waals surface area contributed by atoms with Crippen LogP contribution in [0, 0.1) is 5.92 Å². The number of hydrogen-bond donors (Lipinski definition) is 1. The van der Waals surface area contributed by atoms with Crippen LogP contribution in [-0.4, -0.2) is 45.5 Å². The molecule has 5 heteroatoms.